The highest BCUT2D eigenvalue weighted by Crippen LogP contribution is 2.26. The summed E-state index contributed by atoms with van der Waals surface area (Å²) in [7, 11) is 1.57. The first-order valence-electron chi connectivity index (χ1n) is 8.89. The summed E-state index contributed by atoms with van der Waals surface area (Å²) in [6.45, 7) is 0. The molecule has 0 aliphatic rings. The summed E-state index contributed by atoms with van der Waals surface area (Å²) in [6, 6.07) is 18.1. The summed E-state index contributed by atoms with van der Waals surface area (Å²) in [4.78, 5) is 24.4. The Kier molecular flexibility index (Phi) is 6.87. The highest BCUT2D eigenvalue weighted by Gasteiger charge is 2.14. The largest absolute Gasteiger partial charge is 0.507 e. The number of ether oxygens (including phenoxy) is 2. The molecule has 0 radical (unpaired) electrons. The van der Waals surface area contributed by atoms with Gasteiger partial charge in [0.1, 0.15) is 22.8 Å². The third-order valence-electron chi connectivity index (χ3n) is 4.04. The van der Waals surface area contributed by atoms with E-state index in [1.54, 1.807) is 49.6 Å². The van der Waals surface area contributed by atoms with E-state index in [2.05, 4.69) is 21.2 Å². The van der Waals surface area contributed by atoms with E-state index in [0.29, 0.717) is 17.2 Å². The number of nitrogens with one attached hydrogen (secondary N) is 1. The van der Waals surface area contributed by atoms with Crippen LogP contribution in [-0.2, 0) is 4.79 Å². The number of amides is 1. The first-order chi connectivity index (χ1) is 14.5. The quantitative estimate of drug-likeness (QED) is 0.301. The Morgan fingerprint density at radius 2 is 1.80 bits per heavy atom. The van der Waals surface area contributed by atoms with Gasteiger partial charge in [0.05, 0.1) is 11.6 Å². The molecule has 0 spiro atoms. The fraction of sp³-hybridized carbons (Fsp3) is 0.0435. The summed E-state index contributed by atoms with van der Waals surface area (Å²) < 4.78 is 11.1. The summed E-state index contributed by atoms with van der Waals surface area (Å²) >= 11 is 3.39. The van der Waals surface area contributed by atoms with Gasteiger partial charge in [-0.25, -0.2) is 4.79 Å². The molecule has 0 aliphatic carbocycles. The van der Waals surface area contributed by atoms with Gasteiger partial charge in [-0.05, 0) is 64.0 Å². The maximum atomic E-state index is 12.2. The van der Waals surface area contributed by atoms with Crippen molar-refractivity contribution in [1.82, 2.24) is 0 Å². The number of phenolic OH excluding ortho intramolecular Hbond substituents is 1. The van der Waals surface area contributed by atoms with Crippen LogP contribution < -0.4 is 14.8 Å². The number of methoxy groups -OCH3 is 1. The van der Waals surface area contributed by atoms with Crippen molar-refractivity contribution in [1.29, 1.82) is 0 Å². The minimum absolute atomic E-state index is 0.00419. The minimum Gasteiger partial charge on any atom is -0.507 e. The van der Waals surface area contributed by atoms with Crippen LogP contribution in [0, 0.1) is 0 Å². The first kappa shape index (κ1) is 21.1. The predicted octanol–water partition coefficient (Wildman–Crippen LogP) is 5.03. The predicted molar refractivity (Wildman–Crippen MR) is 118 cm³/mol. The van der Waals surface area contributed by atoms with Crippen molar-refractivity contribution in [3.05, 3.63) is 88.4 Å². The number of esters is 1. The molecule has 3 aromatic carbocycles. The molecule has 0 unspecified atom stereocenters. The number of phenols is 1. The standard InChI is InChI=1S/C23H18BrNO5/c1-29-21-11-7-15(13-19(21)24)8-12-22(27)25-16-9-10-18(20(26)14-16)23(28)30-17-5-3-2-4-6-17/h2-14,26H,1H3,(H,25,27)/b12-8+. The molecule has 2 N–H and O–H groups in total. The molecule has 3 rings (SSSR count). The molecule has 0 aliphatic heterocycles. The van der Waals surface area contributed by atoms with Crippen LogP contribution in [0.25, 0.3) is 6.08 Å². The number of para-hydroxylation sites is 1. The zero-order valence-electron chi connectivity index (χ0n) is 16.0. The van der Waals surface area contributed by atoms with Crippen LogP contribution in [-0.4, -0.2) is 24.1 Å². The second-order valence-corrected chi connectivity index (χ2v) is 7.01. The second-order valence-electron chi connectivity index (χ2n) is 6.15. The Bertz CT molecular complexity index is 1100. The lowest BCUT2D eigenvalue weighted by Crippen LogP contribution is -2.10. The number of carbonyl (C=O) groups is 2. The number of carbonyl (C=O) groups excluding carboxylic acids is 2. The topological polar surface area (TPSA) is 84.9 Å². The van der Waals surface area contributed by atoms with E-state index in [1.165, 1.54) is 24.3 Å². The van der Waals surface area contributed by atoms with E-state index < -0.39 is 5.97 Å². The molecule has 0 saturated carbocycles. The fourth-order valence-electron chi connectivity index (χ4n) is 2.57. The summed E-state index contributed by atoms with van der Waals surface area (Å²) in [6.07, 6.45) is 3.01. The molecule has 0 heterocycles. The van der Waals surface area contributed by atoms with Gasteiger partial charge in [0.15, 0.2) is 0 Å². The summed E-state index contributed by atoms with van der Waals surface area (Å²) in [5.74, 6) is -0.313. The Morgan fingerprint density at radius 3 is 2.47 bits per heavy atom. The Hall–Kier alpha value is -3.58. The maximum Gasteiger partial charge on any atom is 0.347 e. The van der Waals surface area contributed by atoms with Gasteiger partial charge < -0.3 is 19.9 Å². The molecule has 152 valence electrons. The lowest BCUT2D eigenvalue weighted by Gasteiger charge is -2.08. The van der Waals surface area contributed by atoms with Crippen LogP contribution in [0.15, 0.2) is 77.3 Å². The van der Waals surface area contributed by atoms with Crippen LogP contribution in [0.3, 0.4) is 0 Å². The smallest absolute Gasteiger partial charge is 0.347 e. The number of hydrogen-bond acceptors (Lipinski definition) is 5. The molecule has 6 nitrogen and oxygen atoms in total. The maximum absolute atomic E-state index is 12.2. The Labute approximate surface area is 181 Å². The lowest BCUT2D eigenvalue weighted by atomic mass is 10.1. The molecule has 0 saturated heterocycles. The number of rotatable bonds is 6. The molecule has 7 heteroatoms. The third kappa shape index (κ3) is 5.48. The van der Waals surface area contributed by atoms with E-state index in [-0.39, 0.29) is 17.2 Å². The van der Waals surface area contributed by atoms with E-state index in [1.807, 2.05) is 12.1 Å². The molecular formula is C23H18BrNO5. The number of benzene rings is 3. The van der Waals surface area contributed by atoms with Gasteiger partial charge in [0.25, 0.3) is 0 Å². The van der Waals surface area contributed by atoms with E-state index in [0.717, 1.165) is 10.0 Å². The van der Waals surface area contributed by atoms with Gasteiger partial charge >= 0.3 is 5.97 Å². The van der Waals surface area contributed by atoms with Gasteiger partial charge in [-0.15, -0.1) is 0 Å². The zero-order chi connectivity index (χ0) is 21.5. The number of hydrogen-bond donors (Lipinski definition) is 2. The van der Waals surface area contributed by atoms with Crippen LogP contribution in [0.5, 0.6) is 17.2 Å². The molecule has 1 amide bonds. The van der Waals surface area contributed by atoms with Gasteiger partial charge in [-0.2, -0.15) is 0 Å². The van der Waals surface area contributed by atoms with Crippen molar-refractivity contribution < 1.29 is 24.2 Å². The fourth-order valence-corrected chi connectivity index (χ4v) is 3.13. The van der Waals surface area contributed by atoms with E-state index >= 15 is 0 Å². The molecule has 3 aromatic rings. The molecule has 0 fully saturated rings. The molecule has 0 atom stereocenters. The molecule has 30 heavy (non-hydrogen) atoms. The van der Waals surface area contributed by atoms with Crippen LogP contribution in [0.4, 0.5) is 5.69 Å². The van der Waals surface area contributed by atoms with Crippen LogP contribution >= 0.6 is 15.9 Å². The highest BCUT2D eigenvalue weighted by atomic mass is 79.9. The Balaban J connectivity index is 1.64. The molecule has 0 bridgehead atoms. The number of halogens is 1. The number of aromatic hydroxyl groups is 1. The first-order valence-corrected chi connectivity index (χ1v) is 9.68. The second kappa shape index (κ2) is 9.76. The van der Waals surface area contributed by atoms with Crippen molar-refractivity contribution in [2.45, 2.75) is 0 Å². The van der Waals surface area contributed by atoms with Gasteiger partial charge in [0.2, 0.25) is 5.91 Å². The average Bonchev–Trinajstić information content (AvgIpc) is 2.73. The Morgan fingerprint density at radius 1 is 1.03 bits per heavy atom. The third-order valence-corrected chi connectivity index (χ3v) is 4.66. The SMILES string of the molecule is COc1ccc(/C=C/C(=O)Nc2ccc(C(=O)Oc3ccccc3)c(O)c2)cc1Br. The van der Waals surface area contributed by atoms with Gasteiger partial charge in [-0.1, -0.05) is 24.3 Å². The van der Waals surface area contributed by atoms with E-state index in [9.17, 15) is 14.7 Å². The van der Waals surface area contributed by atoms with Gasteiger partial charge in [-0.3, -0.25) is 4.79 Å². The van der Waals surface area contributed by atoms with Crippen LogP contribution in [0.2, 0.25) is 0 Å². The lowest BCUT2D eigenvalue weighted by molar-refractivity contribution is -0.111. The van der Waals surface area contributed by atoms with Crippen molar-refractivity contribution in [2.24, 2.45) is 0 Å². The number of anilines is 1. The van der Waals surface area contributed by atoms with Gasteiger partial charge in [0, 0.05) is 17.8 Å². The van der Waals surface area contributed by atoms with Crippen molar-refractivity contribution in [3.63, 3.8) is 0 Å². The molecule has 0 aromatic heterocycles. The zero-order valence-corrected chi connectivity index (χ0v) is 17.5. The van der Waals surface area contributed by atoms with E-state index in [4.69, 9.17) is 9.47 Å². The average molecular weight is 468 g/mol. The van der Waals surface area contributed by atoms with Crippen molar-refractivity contribution >= 4 is 39.6 Å². The molecular weight excluding hydrogens is 450 g/mol. The monoisotopic (exact) mass is 467 g/mol. The minimum atomic E-state index is -0.693. The van der Waals surface area contributed by atoms with Crippen LogP contribution in [0.1, 0.15) is 15.9 Å². The summed E-state index contributed by atoms with van der Waals surface area (Å²) in [5.41, 5.74) is 1.14. The van der Waals surface area contributed by atoms with Crippen molar-refractivity contribution in [2.75, 3.05) is 12.4 Å². The highest BCUT2D eigenvalue weighted by molar-refractivity contribution is 9.10. The normalized spacial score (nSPS) is 10.6. The van der Waals surface area contributed by atoms with Crippen molar-refractivity contribution in [3.8, 4) is 17.2 Å². The summed E-state index contributed by atoms with van der Waals surface area (Å²) in [5, 5.41) is 12.8.